The number of sulfone groups is 1. The lowest BCUT2D eigenvalue weighted by Crippen LogP contribution is -2.48. The molecule has 1 aliphatic carbocycles. The first kappa shape index (κ1) is 16.0. The minimum absolute atomic E-state index is 0.132. The van der Waals surface area contributed by atoms with E-state index >= 15 is 0 Å². The van der Waals surface area contributed by atoms with Crippen molar-refractivity contribution in [3.8, 4) is 0 Å². The second-order valence-electron chi connectivity index (χ2n) is 6.49. The first-order chi connectivity index (χ1) is 9.70. The van der Waals surface area contributed by atoms with Crippen molar-refractivity contribution in [2.45, 2.75) is 50.0 Å². The van der Waals surface area contributed by atoms with Crippen molar-refractivity contribution in [2.75, 3.05) is 6.26 Å². The van der Waals surface area contributed by atoms with E-state index in [0.29, 0.717) is 5.56 Å². The Balaban J connectivity index is 2.07. The van der Waals surface area contributed by atoms with Crippen LogP contribution >= 0.6 is 0 Å². The van der Waals surface area contributed by atoms with Crippen molar-refractivity contribution in [1.82, 2.24) is 5.32 Å². The smallest absolute Gasteiger partial charge is 0.251 e. The Hall–Kier alpha value is -1.36. The Bertz CT molecular complexity index is 611. The molecule has 1 fully saturated rings. The first-order valence-corrected chi connectivity index (χ1v) is 9.21. The molecule has 0 aromatic heterocycles. The SMILES string of the molecule is CC1CCC(C)(NC(=O)c2ccc(S(C)(=O)=O)cc2)CC1. The maximum Gasteiger partial charge on any atom is 0.251 e. The van der Waals surface area contributed by atoms with Crippen molar-refractivity contribution in [1.29, 1.82) is 0 Å². The number of carbonyl (C=O) groups excluding carboxylic acids is 1. The molecule has 21 heavy (non-hydrogen) atoms. The topological polar surface area (TPSA) is 63.2 Å². The van der Waals surface area contributed by atoms with Crippen LogP contribution in [0.4, 0.5) is 0 Å². The van der Waals surface area contributed by atoms with Crippen LogP contribution in [-0.2, 0) is 9.84 Å². The van der Waals surface area contributed by atoms with E-state index in [0.717, 1.165) is 37.9 Å². The Morgan fingerprint density at radius 2 is 1.71 bits per heavy atom. The molecule has 116 valence electrons. The van der Waals surface area contributed by atoms with E-state index in [4.69, 9.17) is 0 Å². The maximum atomic E-state index is 12.3. The molecule has 2 rings (SSSR count). The zero-order valence-corrected chi connectivity index (χ0v) is 13.7. The minimum Gasteiger partial charge on any atom is -0.347 e. The summed E-state index contributed by atoms with van der Waals surface area (Å²) in [7, 11) is -3.22. The van der Waals surface area contributed by atoms with Gasteiger partial charge in [-0.25, -0.2) is 8.42 Å². The summed E-state index contributed by atoms with van der Waals surface area (Å²) in [5.74, 6) is 0.594. The van der Waals surface area contributed by atoms with Gasteiger partial charge >= 0.3 is 0 Å². The predicted octanol–water partition coefficient (Wildman–Crippen LogP) is 2.79. The quantitative estimate of drug-likeness (QED) is 0.934. The molecule has 1 amide bonds. The summed E-state index contributed by atoms with van der Waals surface area (Å²) < 4.78 is 22.8. The molecule has 0 unspecified atom stereocenters. The fourth-order valence-corrected chi connectivity index (χ4v) is 3.35. The van der Waals surface area contributed by atoms with Crippen molar-refractivity contribution >= 4 is 15.7 Å². The highest BCUT2D eigenvalue weighted by atomic mass is 32.2. The van der Waals surface area contributed by atoms with Crippen molar-refractivity contribution < 1.29 is 13.2 Å². The van der Waals surface area contributed by atoms with Crippen molar-refractivity contribution in [2.24, 2.45) is 5.92 Å². The molecule has 1 aromatic rings. The zero-order chi connectivity index (χ0) is 15.7. The van der Waals surface area contributed by atoms with E-state index in [2.05, 4.69) is 19.2 Å². The minimum atomic E-state index is -3.22. The summed E-state index contributed by atoms with van der Waals surface area (Å²) in [5, 5.41) is 3.10. The zero-order valence-electron chi connectivity index (χ0n) is 12.8. The number of carbonyl (C=O) groups is 1. The molecule has 5 heteroatoms. The number of amides is 1. The molecule has 0 atom stereocenters. The Morgan fingerprint density at radius 3 is 2.19 bits per heavy atom. The van der Waals surface area contributed by atoms with Crippen LogP contribution in [0.3, 0.4) is 0 Å². The summed E-state index contributed by atoms with van der Waals surface area (Å²) in [5.41, 5.74) is 0.348. The molecule has 1 N–H and O–H groups in total. The van der Waals surface area contributed by atoms with E-state index in [-0.39, 0.29) is 16.3 Å². The lowest BCUT2D eigenvalue weighted by Gasteiger charge is -2.37. The van der Waals surface area contributed by atoms with Crippen LogP contribution in [0.5, 0.6) is 0 Å². The van der Waals surface area contributed by atoms with E-state index in [9.17, 15) is 13.2 Å². The molecule has 0 aliphatic heterocycles. The number of benzene rings is 1. The van der Waals surface area contributed by atoms with Crippen LogP contribution in [0.1, 0.15) is 49.9 Å². The second kappa shape index (κ2) is 5.79. The van der Waals surface area contributed by atoms with Crippen LogP contribution in [0, 0.1) is 5.92 Å². The first-order valence-electron chi connectivity index (χ1n) is 7.32. The third-order valence-corrected chi connectivity index (χ3v) is 5.47. The lowest BCUT2D eigenvalue weighted by molar-refractivity contribution is 0.0869. The summed E-state index contributed by atoms with van der Waals surface area (Å²) >= 11 is 0. The monoisotopic (exact) mass is 309 g/mol. The molecule has 1 aliphatic rings. The molecule has 0 heterocycles. The highest BCUT2D eigenvalue weighted by molar-refractivity contribution is 7.90. The molecule has 1 saturated carbocycles. The molecule has 0 saturated heterocycles. The number of hydrogen-bond donors (Lipinski definition) is 1. The molecule has 0 bridgehead atoms. The number of hydrogen-bond acceptors (Lipinski definition) is 3. The van der Waals surface area contributed by atoms with Gasteiger partial charge in [0.05, 0.1) is 4.90 Å². The summed E-state index contributed by atoms with van der Waals surface area (Å²) in [6.45, 7) is 4.33. The van der Waals surface area contributed by atoms with Gasteiger partial charge in [-0.15, -0.1) is 0 Å². The average molecular weight is 309 g/mol. The maximum absolute atomic E-state index is 12.3. The van der Waals surface area contributed by atoms with Gasteiger partial charge in [0.2, 0.25) is 0 Å². The van der Waals surface area contributed by atoms with Gasteiger partial charge in [0.1, 0.15) is 0 Å². The molecule has 0 radical (unpaired) electrons. The predicted molar refractivity (Wildman–Crippen MR) is 83.1 cm³/mol. The molecular formula is C16H23NO3S. The largest absolute Gasteiger partial charge is 0.347 e. The second-order valence-corrected chi connectivity index (χ2v) is 8.51. The van der Waals surface area contributed by atoms with Crippen LogP contribution < -0.4 is 5.32 Å². The van der Waals surface area contributed by atoms with Gasteiger partial charge in [-0.05, 0) is 62.8 Å². The number of nitrogens with one attached hydrogen (secondary N) is 1. The van der Waals surface area contributed by atoms with Crippen molar-refractivity contribution in [3.05, 3.63) is 29.8 Å². The highest BCUT2D eigenvalue weighted by Crippen LogP contribution is 2.31. The number of rotatable bonds is 3. The Kier molecular flexibility index (Phi) is 4.42. The fraction of sp³-hybridized carbons (Fsp3) is 0.562. The van der Waals surface area contributed by atoms with Crippen LogP contribution in [0.15, 0.2) is 29.2 Å². The van der Waals surface area contributed by atoms with Crippen molar-refractivity contribution in [3.63, 3.8) is 0 Å². The van der Waals surface area contributed by atoms with E-state index < -0.39 is 9.84 Å². The average Bonchev–Trinajstić information content (AvgIpc) is 2.41. The van der Waals surface area contributed by atoms with E-state index in [1.165, 1.54) is 12.1 Å². The van der Waals surface area contributed by atoms with Gasteiger partial charge in [-0.2, -0.15) is 0 Å². The van der Waals surface area contributed by atoms with Gasteiger partial charge < -0.3 is 5.32 Å². The third kappa shape index (κ3) is 4.06. The van der Waals surface area contributed by atoms with Gasteiger partial charge in [-0.1, -0.05) is 6.92 Å². The molecular weight excluding hydrogens is 286 g/mol. The summed E-state index contributed by atoms with van der Waals surface area (Å²) in [6.07, 6.45) is 5.39. The van der Waals surface area contributed by atoms with Crippen LogP contribution in [-0.4, -0.2) is 26.1 Å². The lowest BCUT2D eigenvalue weighted by atomic mass is 9.78. The van der Waals surface area contributed by atoms with Gasteiger partial charge in [0, 0.05) is 17.4 Å². The van der Waals surface area contributed by atoms with Gasteiger partial charge in [0.25, 0.3) is 5.91 Å². The normalized spacial score (nSPS) is 26.3. The molecule has 0 spiro atoms. The molecule has 1 aromatic carbocycles. The van der Waals surface area contributed by atoms with E-state index in [1.54, 1.807) is 12.1 Å². The molecule has 4 nitrogen and oxygen atoms in total. The standard InChI is InChI=1S/C16H23NO3S/c1-12-8-10-16(2,11-9-12)17-15(18)13-4-6-14(7-5-13)21(3,19)20/h4-7,12H,8-11H2,1-3H3,(H,17,18). The third-order valence-electron chi connectivity index (χ3n) is 4.34. The van der Waals surface area contributed by atoms with Crippen LogP contribution in [0.25, 0.3) is 0 Å². The van der Waals surface area contributed by atoms with Gasteiger partial charge in [-0.3, -0.25) is 4.79 Å². The summed E-state index contributed by atoms with van der Waals surface area (Å²) in [6, 6.07) is 6.10. The van der Waals surface area contributed by atoms with Crippen LogP contribution in [0.2, 0.25) is 0 Å². The summed E-state index contributed by atoms with van der Waals surface area (Å²) in [4.78, 5) is 12.5. The highest BCUT2D eigenvalue weighted by Gasteiger charge is 2.31. The van der Waals surface area contributed by atoms with E-state index in [1.807, 2.05) is 0 Å². The fourth-order valence-electron chi connectivity index (χ4n) is 2.72. The Morgan fingerprint density at radius 1 is 1.19 bits per heavy atom. The van der Waals surface area contributed by atoms with Gasteiger partial charge in [0.15, 0.2) is 9.84 Å². The Labute approximate surface area is 126 Å².